The predicted octanol–water partition coefficient (Wildman–Crippen LogP) is 2.45. The van der Waals surface area contributed by atoms with Crippen molar-refractivity contribution in [1.29, 1.82) is 0 Å². The highest BCUT2D eigenvalue weighted by atomic mass is 16.7. The molecule has 2 aromatic rings. The molecule has 1 heterocycles. The van der Waals surface area contributed by atoms with Crippen LogP contribution in [0.4, 0.5) is 0 Å². The van der Waals surface area contributed by atoms with Crippen molar-refractivity contribution in [3.63, 3.8) is 0 Å². The van der Waals surface area contributed by atoms with Crippen LogP contribution in [0.5, 0.6) is 23.0 Å². The molecular weight excluding hydrogens is 386 g/mol. The summed E-state index contributed by atoms with van der Waals surface area (Å²) >= 11 is 0. The summed E-state index contributed by atoms with van der Waals surface area (Å²) < 4.78 is 27.1. The normalized spacial score (nSPS) is 13.2. The first-order chi connectivity index (χ1) is 14.6. The first-order valence-electron chi connectivity index (χ1n) is 9.64. The Bertz CT molecular complexity index is 878. The SMILES string of the molecule is C#CCOCC(O)CN(Cc1ccc2c(c1)OCO2)Cc1cccc(OC)c1OC. The zero-order chi connectivity index (χ0) is 21.3. The van der Waals surface area contributed by atoms with Gasteiger partial charge < -0.3 is 28.8 Å². The van der Waals surface area contributed by atoms with Gasteiger partial charge in [0.2, 0.25) is 6.79 Å². The van der Waals surface area contributed by atoms with E-state index in [1.165, 1.54) is 0 Å². The van der Waals surface area contributed by atoms with E-state index in [-0.39, 0.29) is 20.0 Å². The number of fused-ring (bicyclic) bond motifs is 1. The monoisotopic (exact) mass is 413 g/mol. The van der Waals surface area contributed by atoms with Crippen LogP contribution in [0.3, 0.4) is 0 Å². The Morgan fingerprint density at radius 1 is 1.13 bits per heavy atom. The number of aliphatic hydroxyl groups excluding tert-OH is 1. The number of benzene rings is 2. The molecule has 0 spiro atoms. The Labute approximate surface area is 177 Å². The summed E-state index contributed by atoms with van der Waals surface area (Å²) in [6.07, 6.45) is 4.52. The van der Waals surface area contributed by atoms with Gasteiger partial charge in [-0.1, -0.05) is 24.1 Å². The second-order valence-corrected chi connectivity index (χ2v) is 6.88. The van der Waals surface area contributed by atoms with E-state index in [1.807, 2.05) is 36.4 Å². The summed E-state index contributed by atoms with van der Waals surface area (Å²) in [5, 5.41) is 10.4. The Morgan fingerprint density at radius 2 is 1.97 bits per heavy atom. The van der Waals surface area contributed by atoms with E-state index in [4.69, 9.17) is 30.1 Å². The van der Waals surface area contributed by atoms with Crippen LogP contribution < -0.4 is 18.9 Å². The van der Waals surface area contributed by atoms with Gasteiger partial charge in [-0.3, -0.25) is 4.90 Å². The number of rotatable bonds is 11. The van der Waals surface area contributed by atoms with E-state index < -0.39 is 6.10 Å². The summed E-state index contributed by atoms with van der Waals surface area (Å²) in [7, 11) is 3.23. The number of para-hydroxylation sites is 1. The van der Waals surface area contributed by atoms with Crippen molar-refractivity contribution in [3.05, 3.63) is 47.5 Å². The third-order valence-electron chi connectivity index (χ3n) is 4.69. The Hall–Kier alpha value is -2.92. The lowest BCUT2D eigenvalue weighted by Crippen LogP contribution is -2.34. The molecule has 7 heteroatoms. The third-order valence-corrected chi connectivity index (χ3v) is 4.69. The first kappa shape index (κ1) is 21.8. The van der Waals surface area contributed by atoms with E-state index in [0.717, 1.165) is 22.6 Å². The van der Waals surface area contributed by atoms with Crippen LogP contribution in [0, 0.1) is 12.3 Å². The Kier molecular flexibility index (Phi) is 7.80. The molecule has 0 amide bonds. The minimum Gasteiger partial charge on any atom is -0.493 e. The molecule has 0 aliphatic carbocycles. The van der Waals surface area contributed by atoms with Gasteiger partial charge in [0.1, 0.15) is 6.61 Å². The standard InChI is InChI=1S/C23H27NO6/c1-4-10-28-15-19(25)14-24(12-17-8-9-20-22(11-17)30-16-29-20)13-18-6-5-7-21(26-2)23(18)27-3/h1,5-9,11,19,25H,10,12-16H2,2-3H3. The summed E-state index contributed by atoms with van der Waals surface area (Å²) in [6.45, 7) is 2.08. The molecule has 2 aromatic carbocycles. The second kappa shape index (κ2) is 10.7. The molecule has 0 fully saturated rings. The lowest BCUT2D eigenvalue weighted by molar-refractivity contribution is 0.0241. The molecule has 1 atom stereocenters. The van der Waals surface area contributed by atoms with Crippen molar-refractivity contribution < 1.29 is 28.8 Å². The van der Waals surface area contributed by atoms with Gasteiger partial charge in [-0.15, -0.1) is 6.42 Å². The van der Waals surface area contributed by atoms with Crippen LogP contribution in [0.2, 0.25) is 0 Å². The minimum absolute atomic E-state index is 0.164. The first-order valence-corrected chi connectivity index (χ1v) is 9.64. The number of terminal acetylenes is 1. The maximum atomic E-state index is 10.4. The third kappa shape index (κ3) is 5.57. The van der Waals surface area contributed by atoms with Crippen molar-refractivity contribution >= 4 is 0 Å². The van der Waals surface area contributed by atoms with E-state index in [1.54, 1.807) is 14.2 Å². The number of ether oxygens (including phenoxy) is 5. The fraction of sp³-hybridized carbons (Fsp3) is 0.391. The number of aliphatic hydroxyl groups is 1. The van der Waals surface area contributed by atoms with Crippen LogP contribution in [0.15, 0.2) is 36.4 Å². The average molecular weight is 413 g/mol. The van der Waals surface area contributed by atoms with E-state index in [9.17, 15) is 5.11 Å². The van der Waals surface area contributed by atoms with Crippen molar-refractivity contribution in [2.45, 2.75) is 19.2 Å². The van der Waals surface area contributed by atoms with Crippen LogP contribution in [-0.4, -0.2) is 56.9 Å². The molecule has 160 valence electrons. The molecular formula is C23H27NO6. The van der Waals surface area contributed by atoms with E-state index in [2.05, 4.69) is 10.8 Å². The smallest absolute Gasteiger partial charge is 0.231 e. The molecule has 1 aliphatic heterocycles. The average Bonchev–Trinajstić information content (AvgIpc) is 3.21. The molecule has 7 nitrogen and oxygen atoms in total. The number of methoxy groups -OCH3 is 2. The van der Waals surface area contributed by atoms with Gasteiger partial charge in [-0.2, -0.15) is 0 Å². The second-order valence-electron chi connectivity index (χ2n) is 6.88. The fourth-order valence-corrected chi connectivity index (χ4v) is 3.41. The quantitative estimate of drug-likeness (QED) is 0.448. The van der Waals surface area contributed by atoms with E-state index in [0.29, 0.717) is 31.1 Å². The zero-order valence-corrected chi connectivity index (χ0v) is 17.3. The van der Waals surface area contributed by atoms with Gasteiger partial charge >= 0.3 is 0 Å². The molecule has 1 unspecified atom stereocenters. The van der Waals surface area contributed by atoms with Gasteiger partial charge in [0, 0.05) is 25.2 Å². The lowest BCUT2D eigenvalue weighted by atomic mass is 10.1. The van der Waals surface area contributed by atoms with Crippen molar-refractivity contribution in [2.75, 3.05) is 40.8 Å². The molecule has 0 aromatic heterocycles. The molecule has 0 bridgehead atoms. The van der Waals surface area contributed by atoms with Gasteiger partial charge in [-0.25, -0.2) is 0 Å². The molecule has 0 saturated carbocycles. The highest BCUT2D eigenvalue weighted by molar-refractivity contribution is 5.47. The number of nitrogens with zero attached hydrogens (tertiary/aromatic N) is 1. The van der Waals surface area contributed by atoms with Gasteiger partial charge in [0.15, 0.2) is 23.0 Å². The maximum absolute atomic E-state index is 10.4. The summed E-state index contributed by atoms with van der Waals surface area (Å²) in [5.41, 5.74) is 1.99. The molecule has 0 saturated heterocycles. The fourth-order valence-electron chi connectivity index (χ4n) is 3.41. The minimum atomic E-state index is -0.691. The van der Waals surface area contributed by atoms with Gasteiger partial charge in [-0.05, 0) is 23.8 Å². The van der Waals surface area contributed by atoms with Crippen LogP contribution in [0.25, 0.3) is 0 Å². The summed E-state index contributed by atoms with van der Waals surface area (Å²) in [4.78, 5) is 2.11. The zero-order valence-electron chi connectivity index (χ0n) is 17.3. The maximum Gasteiger partial charge on any atom is 0.231 e. The van der Waals surface area contributed by atoms with Gasteiger partial charge in [0.05, 0.1) is 26.9 Å². The molecule has 30 heavy (non-hydrogen) atoms. The summed E-state index contributed by atoms with van der Waals surface area (Å²) in [6, 6.07) is 11.6. The van der Waals surface area contributed by atoms with Crippen molar-refractivity contribution in [3.8, 4) is 35.3 Å². The van der Waals surface area contributed by atoms with Crippen LogP contribution in [-0.2, 0) is 17.8 Å². The Morgan fingerprint density at radius 3 is 2.73 bits per heavy atom. The number of hydrogen-bond acceptors (Lipinski definition) is 7. The molecule has 1 aliphatic rings. The van der Waals surface area contributed by atoms with Gasteiger partial charge in [0.25, 0.3) is 0 Å². The molecule has 0 radical (unpaired) electrons. The van der Waals surface area contributed by atoms with Crippen LogP contribution >= 0.6 is 0 Å². The number of hydrogen-bond donors (Lipinski definition) is 1. The highest BCUT2D eigenvalue weighted by Gasteiger charge is 2.19. The van der Waals surface area contributed by atoms with E-state index >= 15 is 0 Å². The highest BCUT2D eigenvalue weighted by Crippen LogP contribution is 2.34. The topological polar surface area (TPSA) is 69.6 Å². The van der Waals surface area contributed by atoms with Crippen molar-refractivity contribution in [2.24, 2.45) is 0 Å². The Balaban J connectivity index is 1.78. The van der Waals surface area contributed by atoms with Crippen LogP contribution in [0.1, 0.15) is 11.1 Å². The predicted molar refractivity (Wildman–Crippen MR) is 112 cm³/mol. The van der Waals surface area contributed by atoms with Crippen molar-refractivity contribution in [1.82, 2.24) is 4.90 Å². The molecule has 3 rings (SSSR count). The largest absolute Gasteiger partial charge is 0.493 e. The molecule has 1 N–H and O–H groups in total. The summed E-state index contributed by atoms with van der Waals surface area (Å²) in [5.74, 6) is 5.21. The lowest BCUT2D eigenvalue weighted by Gasteiger charge is -2.26.